The maximum Gasteiger partial charge on any atom is 0.214 e. The van der Waals surface area contributed by atoms with Crippen molar-refractivity contribution >= 4 is 10.0 Å². The van der Waals surface area contributed by atoms with Crippen LogP contribution in [0.15, 0.2) is 0 Å². The number of hydrogen-bond donors (Lipinski definition) is 1. The van der Waals surface area contributed by atoms with E-state index in [0.29, 0.717) is 19.0 Å². The van der Waals surface area contributed by atoms with Crippen molar-refractivity contribution in [3.63, 3.8) is 0 Å². The molecule has 114 valence electrons. The summed E-state index contributed by atoms with van der Waals surface area (Å²) >= 11 is 0. The largest absolute Gasteiger partial charge is 0.316 e. The molecule has 1 aliphatic rings. The monoisotopic (exact) mass is 290 g/mol. The second kappa shape index (κ2) is 7.04. The van der Waals surface area contributed by atoms with E-state index in [2.05, 4.69) is 5.32 Å². The molecule has 0 aromatic rings. The van der Waals surface area contributed by atoms with Crippen molar-refractivity contribution in [1.82, 2.24) is 9.62 Å². The molecule has 19 heavy (non-hydrogen) atoms. The van der Waals surface area contributed by atoms with Crippen LogP contribution in [0.3, 0.4) is 0 Å². The van der Waals surface area contributed by atoms with Gasteiger partial charge in [-0.25, -0.2) is 12.7 Å². The molecule has 0 aromatic heterocycles. The zero-order chi connectivity index (χ0) is 14.5. The van der Waals surface area contributed by atoms with Gasteiger partial charge in [0.25, 0.3) is 0 Å². The third-order valence-corrected chi connectivity index (χ3v) is 5.69. The van der Waals surface area contributed by atoms with E-state index >= 15 is 0 Å². The first-order valence-electron chi connectivity index (χ1n) is 7.43. The lowest BCUT2D eigenvalue weighted by Gasteiger charge is -2.31. The Bertz CT molecular complexity index is 354. The van der Waals surface area contributed by atoms with Crippen LogP contribution >= 0.6 is 0 Å². The molecule has 1 N–H and O–H groups in total. The minimum atomic E-state index is -3.14. The van der Waals surface area contributed by atoms with Gasteiger partial charge in [0.05, 0.1) is 5.75 Å². The van der Waals surface area contributed by atoms with E-state index in [-0.39, 0.29) is 11.2 Å². The highest BCUT2D eigenvalue weighted by molar-refractivity contribution is 7.89. The quantitative estimate of drug-likeness (QED) is 0.815. The minimum absolute atomic E-state index is 0.185. The fourth-order valence-electron chi connectivity index (χ4n) is 2.60. The summed E-state index contributed by atoms with van der Waals surface area (Å²) in [4.78, 5) is 0. The Hall–Kier alpha value is -0.130. The number of piperidine rings is 1. The lowest BCUT2D eigenvalue weighted by atomic mass is 10.00. The summed E-state index contributed by atoms with van der Waals surface area (Å²) in [6.45, 7) is 11.3. The summed E-state index contributed by atoms with van der Waals surface area (Å²) in [6, 6.07) is 0. The van der Waals surface area contributed by atoms with Gasteiger partial charge < -0.3 is 5.32 Å². The van der Waals surface area contributed by atoms with Gasteiger partial charge in [-0.3, -0.25) is 0 Å². The molecule has 0 aliphatic carbocycles. The highest BCUT2D eigenvalue weighted by Gasteiger charge is 2.29. The SMILES string of the molecule is CCCN(CC1CCCNC1)S(=O)(=O)CC(C)(C)C. The minimum Gasteiger partial charge on any atom is -0.316 e. The van der Waals surface area contributed by atoms with Crippen LogP contribution < -0.4 is 5.32 Å². The Kier molecular flexibility index (Phi) is 6.27. The standard InChI is InChI=1S/C14H30N2O2S/c1-5-9-16(11-13-7-6-8-15-10-13)19(17,18)12-14(2,3)4/h13,15H,5-12H2,1-4H3. The molecule has 0 aromatic carbocycles. The van der Waals surface area contributed by atoms with Crippen LogP contribution in [0, 0.1) is 11.3 Å². The van der Waals surface area contributed by atoms with Gasteiger partial charge in [-0.2, -0.15) is 0 Å². The van der Waals surface area contributed by atoms with Gasteiger partial charge in [0.15, 0.2) is 0 Å². The Morgan fingerprint density at radius 1 is 1.32 bits per heavy atom. The van der Waals surface area contributed by atoms with E-state index in [1.807, 2.05) is 27.7 Å². The predicted molar refractivity (Wildman–Crippen MR) is 80.7 cm³/mol. The molecule has 0 spiro atoms. The number of rotatable bonds is 6. The van der Waals surface area contributed by atoms with Gasteiger partial charge in [0, 0.05) is 13.1 Å². The molecule has 0 bridgehead atoms. The van der Waals surface area contributed by atoms with Gasteiger partial charge in [-0.15, -0.1) is 0 Å². The van der Waals surface area contributed by atoms with Crippen LogP contribution in [0.1, 0.15) is 47.0 Å². The summed E-state index contributed by atoms with van der Waals surface area (Å²) in [5.41, 5.74) is -0.185. The van der Waals surface area contributed by atoms with E-state index in [9.17, 15) is 8.42 Å². The van der Waals surface area contributed by atoms with Crippen LogP contribution in [0.4, 0.5) is 0 Å². The highest BCUT2D eigenvalue weighted by atomic mass is 32.2. The van der Waals surface area contributed by atoms with Crippen LogP contribution in [-0.2, 0) is 10.0 Å². The van der Waals surface area contributed by atoms with Crippen molar-refractivity contribution < 1.29 is 8.42 Å². The molecule has 1 unspecified atom stereocenters. The molecule has 4 nitrogen and oxygen atoms in total. The third-order valence-electron chi connectivity index (χ3n) is 3.34. The number of nitrogens with zero attached hydrogens (tertiary/aromatic N) is 1. The van der Waals surface area contributed by atoms with Crippen molar-refractivity contribution in [2.75, 3.05) is 31.9 Å². The second-order valence-corrected chi connectivity index (χ2v) is 8.86. The van der Waals surface area contributed by atoms with Crippen molar-refractivity contribution in [1.29, 1.82) is 0 Å². The molecule has 0 radical (unpaired) electrons. The summed E-state index contributed by atoms with van der Waals surface area (Å²) < 4.78 is 26.7. The summed E-state index contributed by atoms with van der Waals surface area (Å²) in [6.07, 6.45) is 3.17. The molecule has 1 rings (SSSR count). The maximum atomic E-state index is 12.5. The number of nitrogens with one attached hydrogen (secondary N) is 1. The smallest absolute Gasteiger partial charge is 0.214 e. The number of hydrogen-bond acceptors (Lipinski definition) is 3. The molecular formula is C14H30N2O2S. The van der Waals surface area contributed by atoms with Gasteiger partial charge in [-0.1, -0.05) is 27.7 Å². The first-order chi connectivity index (χ1) is 8.74. The molecule has 1 aliphatic heterocycles. The molecule has 1 atom stereocenters. The molecule has 0 amide bonds. The van der Waals surface area contributed by atoms with E-state index in [1.54, 1.807) is 4.31 Å². The fraction of sp³-hybridized carbons (Fsp3) is 1.00. The zero-order valence-corrected chi connectivity index (χ0v) is 13.7. The van der Waals surface area contributed by atoms with Crippen molar-refractivity contribution in [2.45, 2.75) is 47.0 Å². The highest BCUT2D eigenvalue weighted by Crippen LogP contribution is 2.21. The molecule has 1 fully saturated rings. The van der Waals surface area contributed by atoms with Gasteiger partial charge in [0.2, 0.25) is 10.0 Å². The lowest BCUT2D eigenvalue weighted by molar-refractivity contribution is 0.288. The van der Waals surface area contributed by atoms with E-state index in [4.69, 9.17) is 0 Å². The zero-order valence-electron chi connectivity index (χ0n) is 12.9. The van der Waals surface area contributed by atoms with Gasteiger partial charge in [-0.05, 0) is 43.7 Å². The predicted octanol–water partition coefficient (Wildman–Crippen LogP) is 2.07. The molecule has 1 heterocycles. The van der Waals surface area contributed by atoms with Crippen molar-refractivity contribution in [2.24, 2.45) is 11.3 Å². The van der Waals surface area contributed by atoms with Gasteiger partial charge in [0.1, 0.15) is 0 Å². The van der Waals surface area contributed by atoms with Crippen LogP contribution in [0.25, 0.3) is 0 Å². The number of sulfonamides is 1. The Labute approximate surface area is 119 Å². The first kappa shape index (κ1) is 16.9. The molecule has 5 heteroatoms. The van der Waals surface area contributed by atoms with Crippen molar-refractivity contribution in [3.8, 4) is 0 Å². The average Bonchev–Trinajstić information content (AvgIpc) is 2.26. The lowest BCUT2D eigenvalue weighted by Crippen LogP contribution is -2.43. The Morgan fingerprint density at radius 2 is 2.00 bits per heavy atom. The third kappa shape index (κ3) is 6.23. The second-order valence-electron chi connectivity index (χ2n) is 6.89. The topological polar surface area (TPSA) is 49.4 Å². The molecular weight excluding hydrogens is 260 g/mol. The van der Waals surface area contributed by atoms with Crippen LogP contribution in [0.5, 0.6) is 0 Å². The normalized spacial score (nSPS) is 21.8. The summed E-state index contributed by atoms with van der Waals surface area (Å²) in [7, 11) is -3.14. The first-order valence-corrected chi connectivity index (χ1v) is 9.04. The molecule has 1 saturated heterocycles. The van der Waals surface area contributed by atoms with Crippen LogP contribution in [-0.4, -0.2) is 44.7 Å². The Morgan fingerprint density at radius 3 is 2.47 bits per heavy atom. The summed E-state index contributed by atoms with van der Waals surface area (Å²) in [5.74, 6) is 0.704. The van der Waals surface area contributed by atoms with E-state index < -0.39 is 10.0 Å². The fourth-order valence-corrected chi connectivity index (χ4v) is 4.78. The van der Waals surface area contributed by atoms with Crippen molar-refractivity contribution in [3.05, 3.63) is 0 Å². The summed E-state index contributed by atoms with van der Waals surface area (Å²) in [5, 5.41) is 3.36. The van der Waals surface area contributed by atoms with Crippen LogP contribution in [0.2, 0.25) is 0 Å². The van der Waals surface area contributed by atoms with Gasteiger partial charge >= 0.3 is 0 Å². The molecule has 0 saturated carbocycles. The maximum absolute atomic E-state index is 12.5. The Balaban J connectivity index is 2.69. The van der Waals surface area contributed by atoms with E-state index in [0.717, 1.165) is 32.4 Å². The van der Waals surface area contributed by atoms with E-state index in [1.165, 1.54) is 0 Å². The average molecular weight is 290 g/mol.